The van der Waals surface area contributed by atoms with E-state index in [0.29, 0.717) is 17.2 Å². The normalized spacial score (nSPS) is 12.3. The van der Waals surface area contributed by atoms with Crippen LogP contribution in [0, 0.1) is 11.6 Å². The third-order valence-electron chi connectivity index (χ3n) is 5.55. The molecule has 0 saturated carbocycles. The highest BCUT2D eigenvalue weighted by molar-refractivity contribution is 7.87. The Labute approximate surface area is 225 Å². The van der Waals surface area contributed by atoms with E-state index in [0.717, 1.165) is 27.9 Å². The highest BCUT2D eigenvalue weighted by atomic mass is 32.2. The van der Waals surface area contributed by atoms with Gasteiger partial charge in [-0.2, -0.15) is 8.42 Å². The molecule has 0 aliphatic heterocycles. The maximum Gasteiger partial charge on any atom is 0.357 e. The van der Waals surface area contributed by atoms with Crippen LogP contribution in [0.2, 0.25) is 0 Å². The molecule has 5 aromatic rings. The van der Waals surface area contributed by atoms with Crippen LogP contribution in [-0.4, -0.2) is 22.9 Å². The molecule has 0 radical (unpaired) electrons. The molecule has 0 aliphatic rings. The van der Waals surface area contributed by atoms with Gasteiger partial charge in [-0.1, -0.05) is 42.5 Å². The van der Waals surface area contributed by atoms with Gasteiger partial charge < -0.3 is 5.32 Å². The van der Waals surface area contributed by atoms with Crippen molar-refractivity contribution in [3.05, 3.63) is 106 Å². The van der Waals surface area contributed by atoms with Crippen molar-refractivity contribution in [1.82, 2.24) is 9.97 Å². The molecule has 12 heteroatoms. The molecule has 38 heavy (non-hydrogen) atoms. The Bertz CT molecular complexity index is 1660. The van der Waals surface area contributed by atoms with Gasteiger partial charge in [0.2, 0.25) is 0 Å². The fourth-order valence-electron chi connectivity index (χ4n) is 3.79. The summed E-state index contributed by atoms with van der Waals surface area (Å²) in [5.74, 6) is -1.35. The lowest BCUT2D eigenvalue weighted by Crippen LogP contribution is -2.14. The minimum absolute atomic E-state index is 0.203. The van der Waals surface area contributed by atoms with E-state index in [9.17, 15) is 17.2 Å². The zero-order valence-corrected chi connectivity index (χ0v) is 22.0. The van der Waals surface area contributed by atoms with E-state index < -0.39 is 21.9 Å². The van der Waals surface area contributed by atoms with Crippen molar-refractivity contribution >= 4 is 43.8 Å². The molecule has 3 aromatic carbocycles. The van der Waals surface area contributed by atoms with E-state index >= 15 is 0 Å². The number of rotatable bonds is 9. The van der Waals surface area contributed by atoms with Crippen molar-refractivity contribution in [3.63, 3.8) is 0 Å². The smallest absolute Gasteiger partial charge is 0.353 e. The molecule has 5 rings (SSSR count). The van der Waals surface area contributed by atoms with Gasteiger partial charge in [-0.05, 0) is 36.2 Å². The van der Waals surface area contributed by atoms with E-state index in [2.05, 4.69) is 10.3 Å². The Hall–Kier alpha value is -3.71. The van der Waals surface area contributed by atoms with Gasteiger partial charge in [-0.15, -0.1) is 22.7 Å². The van der Waals surface area contributed by atoms with Crippen molar-refractivity contribution in [2.24, 2.45) is 0 Å². The van der Waals surface area contributed by atoms with Crippen molar-refractivity contribution in [1.29, 1.82) is 0 Å². The summed E-state index contributed by atoms with van der Waals surface area (Å²) in [6.07, 6.45) is 0.476. The van der Waals surface area contributed by atoms with Gasteiger partial charge in [0.1, 0.15) is 16.6 Å². The Balaban J connectivity index is 1.42. The van der Waals surface area contributed by atoms with Crippen LogP contribution >= 0.6 is 22.7 Å². The molecule has 0 amide bonds. The first kappa shape index (κ1) is 25.9. The van der Waals surface area contributed by atoms with E-state index in [1.807, 2.05) is 40.4 Å². The van der Waals surface area contributed by atoms with Crippen LogP contribution in [0.3, 0.4) is 0 Å². The van der Waals surface area contributed by atoms with Crippen molar-refractivity contribution in [2.75, 3.05) is 10.0 Å². The summed E-state index contributed by atoms with van der Waals surface area (Å²) in [6, 6.07) is 19.4. The molecular weight excluding hydrogens is 551 g/mol. The Morgan fingerprint density at radius 2 is 1.68 bits per heavy atom. The molecule has 0 saturated heterocycles. The van der Waals surface area contributed by atoms with Gasteiger partial charge in [0, 0.05) is 28.0 Å². The zero-order chi connectivity index (χ0) is 26.7. The van der Waals surface area contributed by atoms with Gasteiger partial charge in [0.25, 0.3) is 0 Å². The molecule has 7 nitrogen and oxygen atoms in total. The first-order chi connectivity index (χ1) is 18.2. The largest absolute Gasteiger partial charge is 0.357 e. The van der Waals surface area contributed by atoms with Gasteiger partial charge in [-0.3, -0.25) is 9.27 Å². The minimum Gasteiger partial charge on any atom is -0.353 e. The lowest BCUT2D eigenvalue weighted by molar-refractivity contribution is 0.489. The van der Waals surface area contributed by atoms with Crippen LogP contribution < -0.4 is 10.0 Å². The monoisotopic (exact) mass is 570 g/mol. The molecule has 0 bridgehead atoms. The van der Waals surface area contributed by atoms with Crippen LogP contribution in [0.5, 0.6) is 0 Å². The SMILES string of the molecule is O=S(=O)(O)Nc1ccc(CC(Nc2nc(-c3ccc(F)cc3F)cs2)c2csc(-c3ccccc3)n2)cc1. The second-order valence-electron chi connectivity index (χ2n) is 8.28. The maximum absolute atomic E-state index is 14.3. The Kier molecular flexibility index (Phi) is 7.47. The summed E-state index contributed by atoms with van der Waals surface area (Å²) in [4.78, 5) is 9.35. The molecule has 3 N–H and O–H groups in total. The summed E-state index contributed by atoms with van der Waals surface area (Å²) in [5, 5.41) is 8.43. The number of hydrogen-bond donors (Lipinski definition) is 3. The highest BCUT2D eigenvalue weighted by Gasteiger charge is 2.19. The van der Waals surface area contributed by atoms with E-state index in [1.54, 1.807) is 29.6 Å². The lowest BCUT2D eigenvalue weighted by Gasteiger charge is -2.17. The average Bonchev–Trinajstić information content (AvgIpc) is 3.55. The number of anilines is 2. The minimum atomic E-state index is -4.37. The predicted molar refractivity (Wildman–Crippen MR) is 147 cm³/mol. The molecule has 0 fully saturated rings. The number of aromatic nitrogens is 2. The van der Waals surface area contributed by atoms with E-state index in [4.69, 9.17) is 9.54 Å². The van der Waals surface area contributed by atoms with Gasteiger partial charge in [0.05, 0.1) is 23.1 Å². The number of nitrogens with one attached hydrogen (secondary N) is 2. The molecule has 2 heterocycles. The van der Waals surface area contributed by atoms with Crippen molar-refractivity contribution in [3.8, 4) is 21.8 Å². The zero-order valence-electron chi connectivity index (χ0n) is 19.5. The molecule has 1 unspecified atom stereocenters. The molecule has 1 atom stereocenters. The number of benzene rings is 3. The molecule has 2 aromatic heterocycles. The molecular formula is C26H20F2N4O3S3. The molecule has 0 spiro atoms. The standard InChI is InChI=1S/C26H20F2N4O3S3/c27-18-8-11-20(21(28)13-18)23-14-37-26(31-23)30-22(12-16-6-9-19(10-7-16)32-38(33,34)35)24-15-36-25(29-24)17-4-2-1-3-5-17/h1-11,13-15,22,32H,12H2,(H,30,31)(H,33,34,35). The Morgan fingerprint density at radius 1 is 0.921 bits per heavy atom. The third kappa shape index (κ3) is 6.40. The van der Waals surface area contributed by atoms with Crippen LogP contribution in [0.25, 0.3) is 21.8 Å². The highest BCUT2D eigenvalue weighted by Crippen LogP contribution is 2.33. The number of nitrogens with zero attached hydrogens (tertiary/aromatic N) is 2. The summed E-state index contributed by atoms with van der Waals surface area (Å²) in [5.41, 5.74) is 3.46. The van der Waals surface area contributed by atoms with E-state index in [-0.39, 0.29) is 17.3 Å². The van der Waals surface area contributed by atoms with Gasteiger partial charge >= 0.3 is 10.3 Å². The van der Waals surface area contributed by atoms with Crippen molar-refractivity contribution in [2.45, 2.75) is 12.5 Å². The van der Waals surface area contributed by atoms with Gasteiger partial charge in [-0.25, -0.2) is 18.7 Å². The fraction of sp³-hybridized carbons (Fsp3) is 0.0769. The van der Waals surface area contributed by atoms with Crippen LogP contribution in [-0.2, 0) is 16.7 Å². The average molecular weight is 571 g/mol. The maximum atomic E-state index is 14.3. The summed E-state index contributed by atoms with van der Waals surface area (Å²) >= 11 is 2.80. The summed E-state index contributed by atoms with van der Waals surface area (Å²) in [7, 11) is -4.37. The number of hydrogen-bond acceptors (Lipinski definition) is 7. The number of thiazole rings is 2. The summed E-state index contributed by atoms with van der Waals surface area (Å²) in [6.45, 7) is 0. The van der Waals surface area contributed by atoms with Gasteiger partial charge in [0.15, 0.2) is 5.13 Å². The van der Waals surface area contributed by atoms with E-state index in [1.165, 1.54) is 34.8 Å². The lowest BCUT2D eigenvalue weighted by atomic mass is 10.0. The molecule has 194 valence electrons. The van der Waals surface area contributed by atoms with Crippen molar-refractivity contribution < 1.29 is 21.8 Å². The quantitative estimate of drug-likeness (QED) is 0.168. The van der Waals surface area contributed by atoms with Crippen LogP contribution in [0.4, 0.5) is 19.6 Å². The first-order valence-electron chi connectivity index (χ1n) is 11.3. The second-order valence-corrected chi connectivity index (χ2v) is 11.2. The molecule has 0 aliphatic carbocycles. The third-order valence-corrected chi connectivity index (χ3v) is 7.73. The van der Waals surface area contributed by atoms with Crippen LogP contribution in [0.15, 0.2) is 83.6 Å². The summed E-state index contributed by atoms with van der Waals surface area (Å²) < 4.78 is 60.9. The second kappa shape index (κ2) is 11.0. The predicted octanol–water partition coefficient (Wildman–Crippen LogP) is 6.82. The fourth-order valence-corrected chi connectivity index (χ4v) is 5.87. The Morgan fingerprint density at radius 3 is 2.39 bits per heavy atom. The van der Waals surface area contributed by atoms with Crippen LogP contribution in [0.1, 0.15) is 17.3 Å². The number of halogens is 2. The first-order valence-corrected chi connectivity index (χ1v) is 14.5. The topological polar surface area (TPSA) is 104 Å².